The summed E-state index contributed by atoms with van der Waals surface area (Å²) in [6, 6.07) is 20.7. The number of hydrogen-bond donors (Lipinski definition) is 2. The van der Waals surface area contributed by atoms with Crippen LogP contribution in [0.2, 0.25) is 0 Å². The largest absolute Gasteiger partial charge is 0.478 e. The molecule has 0 saturated carbocycles. The van der Waals surface area contributed by atoms with Crippen LogP contribution in [0, 0.1) is 6.92 Å². The predicted molar refractivity (Wildman–Crippen MR) is 104 cm³/mol. The molecule has 0 aromatic heterocycles. The van der Waals surface area contributed by atoms with E-state index in [4.69, 9.17) is 9.84 Å². The molecule has 0 bridgehead atoms. The van der Waals surface area contributed by atoms with Gasteiger partial charge in [-0.3, -0.25) is 0 Å². The van der Waals surface area contributed by atoms with Crippen LogP contribution in [0.3, 0.4) is 0 Å². The van der Waals surface area contributed by atoms with Crippen molar-refractivity contribution in [3.05, 3.63) is 94.5 Å². The second-order valence-corrected chi connectivity index (χ2v) is 6.47. The highest BCUT2D eigenvalue weighted by Gasteiger charge is 2.14. The van der Waals surface area contributed by atoms with Crippen molar-refractivity contribution in [1.82, 2.24) is 0 Å². The lowest BCUT2D eigenvalue weighted by Crippen LogP contribution is -2.02. The summed E-state index contributed by atoms with van der Waals surface area (Å²) in [5.41, 5.74) is 5.74. The van der Waals surface area contributed by atoms with Crippen LogP contribution >= 0.6 is 0 Å². The van der Waals surface area contributed by atoms with E-state index in [1.165, 1.54) is 0 Å². The average Bonchev–Trinajstić information content (AvgIpc) is 2.68. The van der Waals surface area contributed by atoms with Gasteiger partial charge in [0.2, 0.25) is 0 Å². The van der Waals surface area contributed by atoms with Crippen molar-refractivity contribution in [2.24, 2.45) is 0 Å². The van der Waals surface area contributed by atoms with Crippen molar-refractivity contribution in [2.75, 3.05) is 0 Å². The molecule has 2 N–H and O–H groups in total. The quantitative estimate of drug-likeness (QED) is 0.646. The Bertz CT molecular complexity index is 929. The lowest BCUT2D eigenvalue weighted by Gasteiger charge is -2.12. The number of aromatic carboxylic acids is 1. The molecule has 4 nitrogen and oxygen atoms in total. The Hall–Kier alpha value is -2.95. The predicted octanol–water partition coefficient (Wildman–Crippen LogP) is 4.57. The second-order valence-electron chi connectivity index (χ2n) is 6.47. The highest BCUT2D eigenvalue weighted by Crippen LogP contribution is 2.28. The van der Waals surface area contributed by atoms with Gasteiger partial charge < -0.3 is 14.9 Å². The maximum Gasteiger partial charge on any atom is 0.336 e. The number of aliphatic hydroxyl groups excluding tert-OH is 1. The Morgan fingerprint density at radius 1 is 0.852 bits per heavy atom. The molecule has 3 aromatic carbocycles. The SMILES string of the molecule is Cc1ccccc1-c1cc(COCc2ccc(CO)cc2)ccc1C(=O)O. The molecular formula is C23H22O4. The van der Waals surface area contributed by atoms with E-state index in [-0.39, 0.29) is 12.2 Å². The van der Waals surface area contributed by atoms with Crippen LogP contribution < -0.4 is 0 Å². The van der Waals surface area contributed by atoms with Crippen LogP contribution in [0.25, 0.3) is 11.1 Å². The number of benzene rings is 3. The van der Waals surface area contributed by atoms with Gasteiger partial charge in [-0.05, 0) is 52.4 Å². The molecule has 0 radical (unpaired) electrons. The summed E-state index contributed by atoms with van der Waals surface area (Å²) in [4.78, 5) is 11.6. The zero-order chi connectivity index (χ0) is 19.2. The van der Waals surface area contributed by atoms with Crippen molar-refractivity contribution in [1.29, 1.82) is 0 Å². The molecule has 3 rings (SSSR count). The van der Waals surface area contributed by atoms with Gasteiger partial charge in [-0.2, -0.15) is 0 Å². The third kappa shape index (κ3) is 4.61. The minimum absolute atomic E-state index is 0.0265. The van der Waals surface area contributed by atoms with Crippen molar-refractivity contribution in [3.63, 3.8) is 0 Å². The summed E-state index contributed by atoms with van der Waals surface area (Å²) in [6.07, 6.45) is 0. The van der Waals surface area contributed by atoms with Crippen molar-refractivity contribution in [2.45, 2.75) is 26.7 Å². The van der Waals surface area contributed by atoms with Gasteiger partial charge in [0.15, 0.2) is 0 Å². The number of carboxylic acids is 1. The van der Waals surface area contributed by atoms with Gasteiger partial charge in [-0.25, -0.2) is 4.79 Å². The molecule has 0 fully saturated rings. The molecule has 0 amide bonds. The van der Waals surface area contributed by atoms with E-state index in [1.54, 1.807) is 12.1 Å². The molecular weight excluding hydrogens is 340 g/mol. The number of hydrogen-bond acceptors (Lipinski definition) is 3. The van der Waals surface area contributed by atoms with Gasteiger partial charge in [0.25, 0.3) is 0 Å². The summed E-state index contributed by atoms with van der Waals surface area (Å²) in [6.45, 7) is 2.84. The van der Waals surface area contributed by atoms with Gasteiger partial charge >= 0.3 is 5.97 Å². The number of aliphatic hydroxyl groups is 1. The van der Waals surface area contributed by atoms with Gasteiger partial charge in [-0.1, -0.05) is 54.6 Å². The molecule has 3 aromatic rings. The first kappa shape index (κ1) is 18.8. The number of carbonyl (C=O) groups is 1. The second kappa shape index (κ2) is 8.62. The van der Waals surface area contributed by atoms with E-state index in [2.05, 4.69) is 0 Å². The van der Waals surface area contributed by atoms with E-state index in [0.717, 1.165) is 27.8 Å². The first-order valence-corrected chi connectivity index (χ1v) is 8.77. The van der Waals surface area contributed by atoms with E-state index in [1.807, 2.05) is 61.5 Å². The minimum atomic E-state index is -0.940. The first-order valence-electron chi connectivity index (χ1n) is 8.77. The lowest BCUT2D eigenvalue weighted by atomic mass is 9.94. The normalized spacial score (nSPS) is 10.7. The Balaban J connectivity index is 1.77. The number of aryl methyl sites for hydroxylation is 1. The van der Waals surface area contributed by atoms with E-state index >= 15 is 0 Å². The summed E-state index contributed by atoms with van der Waals surface area (Å²) in [5.74, 6) is -0.940. The summed E-state index contributed by atoms with van der Waals surface area (Å²) < 4.78 is 5.79. The van der Waals surface area contributed by atoms with E-state index < -0.39 is 5.97 Å². The molecule has 0 aliphatic carbocycles. The summed E-state index contributed by atoms with van der Waals surface area (Å²) in [5, 5.41) is 18.6. The zero-order valence-corrected chi connectivity index (χ0v) is 15.2. The molecule has 0 aliphatic rings. The molecule has 4 heteroatoms. The standard InChI is InChI=1S/C23H22O4/c1-16-4-2-3-5-20(16)22-12-19(10-11-21(22)23(25)26)15-27-14-18-8-6-17(13-24)7-9-18/h2-12,24H,13-15H2,1H3,(H,25,26). The molecule has 0 spiro atoms. The highest BCUT2D eigenvalue weighted by molar-refractivity contribution is 5.96. The molecule has 0 heterocycles. The van der Waals surface area contributed by atoms with Crippen molar-refractivity contribution >= 4 is 5.97 Å². The number of rotatable bonds is 7. The summed E-state index contributed by atoms with van der Waals surface area (Å²) >= 11 is 0. The molecule has 0 unspecified atom stereocenters. The van der Waals surface area contributed by atoms with Crippen LogP contribution in [-0.4, -0.2) is 16.2 Å². The van der Waals surface area contributed by atoms with Gasteiger partial charge in [0, 0.05) is 0 Å². The minimum Gasteiger partial charge on any atom is -0.478 e. The average molecular weight is 362 g/mol. The summed E-state index contributed by atoms with van der Waals surface area (Å²) in [7, 11) is 0. The van der Waals surface area contributed by atoms with Gasteiger partial charge in [0.05, 0.1) is 25.4 Å². The smallest absolute Gasteiger partial charge is 0.336 e. The van der Waals surface area contributed by atoms with E-state index in [0.29, 0.717) is 18.8 Å². The Morgan fingerprint density at radius 2 is 1.48 bits per heavy atom. The molecule has 0 aliphatic heterocycles. The van der Waals surface area contributed by atoms with Crippen molar-refractivity contribution in [3.8, 4) is 11.1 Å². The third-order valence-corrected chi connectivity index (χ3v) is 4.49. The van der Waals surface area contributed by atoms with Crippen LogP contribution in [-0.2, 0) is 24.6 Å². The zero-order valence-electron chi connectivity index (χ0n) is 15.2. The van der Waals surface area contributed by atoms with Crippen LogP contribution in [0.4, 0.5) is 0 Å². The number of carboxylic acid groups (broad SMARTS) is 1. The van der Waals surface area contributed by atoms with Crippen LogP contribution in [0.15, 0.2) is 66.7 Å². The fourth-order valence-electron chi connectivity index (χ4n) is 2.99. The first-order chi connectivity index (χ1) is 13.1. The van der Waals surface area contributed by atoms with Crippen molar-refractivity contribution < 1.29 is 19.7 Å². The third-order valence-electron chi connectivity index (χ3n) is 4.49. The Morgan fingerprint density at radius 3 is 2.15 bits per heavy atom. The topological polar surface area (TPSA) is 66.8 Å². The maximum atomic E-state index is 11.6. The fourth-order valence-corrected chi connectivity index (χ4v) is 2.99. The maximum absolute atomic E-state index is 11.6. The van der Waals surface area contributed by atoms with E-state index in [9.17, 15) is 9.90 Å². The van der Waals surface area contributed by atoms with Gasteiger partial charge in [0.1, 0.15) is 0 Å². The molecule has 138 valence electrons. The molecule has 0 atom stereocenters. The molecule has 27 heavy (non-hydrogen) atoms. The highest BCUT2D eigenvalue weighted by atomic mass is 16.5. The van der Waals surface area contributed by atoms with Gasteiger partial charge in [-0.15, -0.1) is 0 Å². The lowest BCUT2D eigenvalue weighted by molar-refractivity contribution is 0.0697. The van der Waals surface area contributed by atoms with Crippen LogP contribution in [0.1, 0.15) is 32.6 Å². The molecule has 0 saturated heterocycles. The Labute approximate surface area is 158 Å². The van der Waals surface area contributed by atoms with Crippen LogP contribution in [0.5, 0.6) is 0 Å². The number of ether oxygens (including phenoxy) is 1. The Kier molecular flexibility index (Phi) is 6.01. The monoisotopic (exact) mass is 362 g/mol. The fraction of sp³-hybridized carbons (Fsp3) is 0.174.